The summed E-state index contributed by atoms with van der Waals surface area (Å²) in [6.07, 6.45) is -1.09. The largest absolute Gasteiger partial charge is 0.465 e. The maximum absolute atomic E-state index is 11.2. The van der Waals surface area contributed by atoms with E-state index in [-0.39, 0.29) is 5.92 Å². The van der Waals surface area contributed by atoms with Gasteiger partial charge in [0.05, 0.1) is 5.69 Å². The molecule has 0 heterocycles. The molecular weight excluding hydrogens is 249 g/mol. The number of rotatable bonds is 3. The molecule has 0 aliphatic carbocycles. The lowest BCUT2D eigenvalue weighted by Crippen LogP contribution is -2.39. The van der Waals surface area contributed by atoms with E-state index >= 15 is 0 Å². The number of alkyl halides is 1. The highest BCUT2D eigenvalue weighted by Crippen LogP contribution is 2.26. The van der Waals surface area contributed by atoms with Crippen LogP contribution in [0.5, 0.6) is 0 Å². The van der Waals surface area contributed by atoms with Crippen molar-refractivity contribution in [3.63, 3.8) is 0 Å². The average molecular weight is 262 g/mol. The van der Waals surface area contributed by atoms with Gasteiger partial charge < -0.3 is 5.11 Å². The predicted molar refractivity (Wildman–Crippen MR) is 66.4 cm³/mol. The van der Waals surface area contributed by atoms with Crippen molar-refractivity contribution in [2.45, 2.75) is 19.3 Å². The molecule has 0 saturated carbocycles. The van der Waals surface area contributed by atoms with Gasteiger partial charge in [0.25, 0.3) is 0 Å². The molecule has 1 amide bonds. The Bertz CT molecular complexity index is 382. The minimum absolute atomic E-state index is 0.0109. The first-order valence-electron chi connectivity index (χ1n) is 4.85. The summed E-state index contributed by atoms with van der Waals surface area (Å²) in [6.45, 7) is 3.72. The third kappa shape index (κ3) is 3.03. The first-order valence-corrected chi connectivity index (χ1v) is 5.66. The third-order valence-corrected chi connectivity index (χ3v) is 3.02. The van der Waals surface area contributed by atoms with Crippen molar-refractivity contribution < 1.29 is 9.90 Å². The molecule has 1 aromatic carbocycles. The Hall–Kier alpha value is -0.930. The Labute approximate surface area is 105 Å². The number of anilines is 1. The number of amides is 1. The van der Waals surface area contributed by atoms with E-state index in [0.717, 1.165) is 4.90 Å². The van der Waals surface area contributed by atoms with Crippen LogP contribution >= 0.6 is 23.2 Å². The van der Waals surface area contributed by atoms with Crippen molar-refractivity contribution >= 4 is 35.0 Å². The van der Waals surface area contributed by atoms with Crippen molar-refractivity contribution in [1.29, 1.82) is 0 Å². The van der Waals surface area contributed by atoms with Crippen molar-refractivity contribution in [3.05, 3.63) is 29.3 Å². The van der Waals surface area contributed by atoms with Crippen molar-refractivity contribution in [1.82, 2.24) is 0 Å². The highest BCUT2D eigenvalue weighted by atomic mass is 35.5. The van der Waals surface area contributed by atoms with Crippen molar-refractivity contribution in [2.75, 3.05) is 4.90 Å². The molecule has 0 aliphatic rings. The van der Waals surface area contributed by atoms with E-state index in [0.29, 0.717) is 10.7 Å². The fraction of sp³-hybridized carbons (Fsp3) is 0.364. The van der Waals surface area contributed by atoms with E-state index in [1.807, 2.05) is 13.8 Å². The zero-order chi connectivity index (χ0) is 12.3. The number of carboxylic acid groups (broad SMARTS) is 1. The summed E-state index contributed by atoms with van der Waals surface area (Å²) in [4.78, 5) is 12.3. The molecule has 5 heteroatoms. The summed E-state index contributed by atoms with van der Waals surface area (Å²) in [5, 5.41) is 9.62. The molecule has 16 heavy (non-hydrogen) atoms. The first kappa shape index (κ1) is 13.1. The minimum atomic E-state index is -1.09. The second-order valence-corrected chi connectivity index (χ2v) is 4.63. The summed E-state index contributed by atoms with van der Waals surface area (Å²) in [6, 6.07) is 6.62. The van der Waals surface area contributed by atoms with Crippen LogP contribution in [0, 0.1) is 5.92 Å². The molecule has 1 unspecified atom stereocenters. The molecule has 88 valence electrons. The molecule has 0 aromatic heterocycles. The van der Waals surface area contributed by atoms with Gasteiger partial charge in [0.1, 0.15) is 5.50 Å². The molecule has 0 radical (unpaired) electrons. The maximum Gasteiger partial charge on any atom is 0.413 e. The van der Waals surface area contributed by atoms with Gasteiger partial charge in [0, 0.05) is 5.02 Å². The fourth-order valence-electron chi connectivity index (χ4n) is 1.28. The van der Waals surface area contributed by atoms with E-state index < -0.39 is 11.6 Å². The van der Waals surface area contributed by atoms with E-state index in [9.17, 15) is 4.79 Å². The van der Waals surface area contributed by atoms with Gasteiger partial charge in [-0.05, 0) is 24.1 Å². The van der Waals surface area contributed by atoms with Gasteiger partial charge in [-0.2, -0.15) is 0 Å². The topological polar surface area (TPSA) is 40.5 Å². The number of hydrogen-bond acceptors (Lipinski definition) is 1. The predicted octanol–water partition coefficient (Wildman–Crippen LogP) is 4.05. The lowest BCUT2D eigenvalue weighted by atomic mass is 10.2. The Morgan fingerprint density at radius 1 is 1.44 bits per heavy atom. The Kier molecular flexibility index (Phi) is 4.44. The van der Waals surface area contributed by atoms with Crippen LogP contribution < -0.4 is 4.90 Å². The van der Waals surface area contributed by atoms with E-state index in [1.165, 1.54) is 0 Å². The van der Waals surface area contributed by atoms with Gasteiger partial charge in [-0.3, -0.25) is 4.90 Å². The molecule has 1 atom stereocenters. The molecule has 1 aromatic rings. The second-order valence-electron chi connectivity index (χ2n) is 3.75. The van der Waals surface area contributed by atoms with Crippen LogP contribution in [0.25, 0.3) is 0 Å². The molecular formula is C11H13Cl2NO2. The molecule has 0 saturated heterocycles. The number of carbonyl (C=O) groups is 1. The van der Waals surface area contributed by atoms with Crippen LogP contribution in [0.3, 0.4) is 0 Å². The highest BCUT2D eigenvalue weighted by Gasteiger charge is 2.25. The van der Waals surface area contributed by atoms with Crippen LogP contribution in [0.4, 0.5) is 10.5 Å². The maximum atomic E-state index is 11.2. The van der Waals surface area contributed by atoms with Gasteiger partial charge in [0.15, 0.2) is 0 Å². The summed E-state index contributed by atoms with van der Waals surface area (Å²) in [5.41, 5.74) is -0.135. The molecule has 1 N–H and O–H groups in total. The monoisotopic (exact) mass is 261 g/mol. The summed E-state index contributed by atoms with van der Waals surface area (Å²) in [5.74, 6) is 0.0109. The second kappa shape index (κ2) is 5.41. The zero-order valence-electron chi connectivity index (χ0n) is 9.02. The highest BCUT2D eigenvalue weighted by molar-refractivity contribution is 6.31. The quantitative estimate of drug-likeness (QED) is 0.659. The smallest absolute Gasteiger partial charge is 0.413 e. The fourth-order valence-corrected chi connectivity index (χ4v) is 1.66. The van der Waals surface area contributed by atoms with E-state index in [1.54, 1.807) is 24.3 Å². The molecule has 0 bridgehead atoms. The Morgan fingerprint density at radius 3 is 2.50 bits per heavy atom. The first-order chi connectivity index (χ1) is 7.43. The summed E-state index contributed by atoms with van der Waals surface area (Å²) < 4.78 is 0. The van der Waals surface area contributed by atoms with Gasteiger partial charge in [0.2, 0.25) is 0 Å². The molecule has 0 spiro atoms. The van der Waals surface area contributed by atoms with Crippen LogP contribution in [0.15, 0.2) is 24.3 Å². The summed E-state index contributed by atoms with van der Waals surface area (Å²) in [7, 11) is 0. The van der Waals surface area contributed by atoms with Gasteiger partial charge in [-0.15, -0.1) is 0 Å². The standard InChI is InChI=1S/C11H13Cl2NO2/c1-7(2)10(13)14(11(15)16)9-5-3-4-8(12)6-9/h3-7,10H,1-2H3,(H,15,16). The number of halogens is 2. The molecule has 0 aliphatic heterocycles. The Morgan fingerprint density at radius 2 is 2.06 bits per heavy atom. The number of benzene rings is 1. The van der Waals surface area contributed by atoms with Crippen LogP contribution in [0.1, 0.15) is 13.8 Å². The lowest BCUT2D eigenvalue weighted by molar-refractivity contribution is 0.199. The number of nitrogens with zero attached hydrogens (tertiary/aromatic N) is 1. The van der Waals surface area contributed by atoms with E-state index in [2.05, 4.69) is 0 Å². The Balaban J connectivity index is 3.08. The van der Waals surface area contributed by atoms with Crippen molar-refractivity contribution in [3.8, 4) is 0 Å². The van der Waals surface area contributed by atoms with Crippen molar-refractivity contribution in [2.24, 2.45) is 5.92 Å². The third-order valence-electron chi connectivity index (χ3n) is 2.09. The normalized spacial score (nSPS) is 12.6. The van der Waals surface area contributed by atoms with Crippen LogP contribution in [-0.4, -0.2) is 16.7 Å². The molecule has 1 rings (SSSR count). The SMILES string of the molecule is CC(C)C(Cl)N(C(=O)O)c1cccc(Cl)c1. The van der Waals surface area contributed by atoms with Gasteiger partial charge in [-0.1, -0.05) is 43.1 Å². The average Bonchev–Trinajstić information content (AvgIpc) is 2.17. The zero-order valence-corrected chi connectivity index (χ0v) is 10.5. The summed E-state index contributed by atoms with van der Waals surface area (Å²) >= 11 is 11.9. The van der Waals surface area contributed by atoms with Gasteiger partial charge >= 0.3 is 6.09 Å². The number of hydrogen-bond donors (Lipinski definition) is 1. The van der Waals surface area contributed by atoms with E-state index in [4.69, 9.17) is 28.3 Å². The molecule has 0 fully saturated rings. The minimum Gasteiger partial charge on any atom is -0.465 e. The van der Waals surface area contributed by atoms with Crippen LogP contribution in [0.2, 0.25) is 5.02 Å². The molecule has 3 nitrogen and oxygen atoms in total. The van der Waals surface area contributed by atoms with Crippen LogP contribution in [-0.2, 0) is 0 Å². The van der Waals surface area contributed by atoms with Gasteiger partial charge in [-0.25, -0.2) is 4.79 Å². The lowest BCUT2D eigenvalue weighted by Gasteiger charge is -2.27.